The molecule has 1 N–H and O–H groups in total. The number of amides is 1. The molecule has 0 heterocycles. The van der Waals surface area contributed by atoms with E-state index in [4.69, 9.17) is 32.7 Å². The van der Waals surface area contributed by atoms with Crippen LogP contribution in [0.15, 0.2) is 36.4 Å². The normalized spacial score (nSPS) is 10.2. The van der Waals surface area contributed by atoms with Crippen molar-refractivity contribution >= 4 is 40.8 Å². The summed E-state index contributed by atoms with van der Waals surface area (Å²) in [7, 11) is 1.47. The summed E-state index contributed by atoms with van der Waals surface area (Å²) in [6.07, 6.45) is 0. The van der Waals surface area contributed by atoms with Gasteiger partial charge in [0.2, 0.25) is 0 Å². The number of carbonyl (C=O) groups excluding carboxylic acids is 2. The molecule has 0 bridgehead atoms. The summed E-state index contributed by atoms with van der Waals surface area (Å²) in [5.74, 6) is -2.01. The maximum absolute atomic E-state index is 13.6. The Bertz CT molecular complexity index is 762. The van der Waals surface area contributed by atoms with E-state index in [1.165, 1.54) is 25.3 Å². The Morgan fingerprint density at radius 3 is 2.54 bits per heavy atom. The number of carbonyl (C=O) groups is 2. The molecule has 24 heavy (non-hydrogen) atoms. The number of ether oxygens (including phenoxy) is 2. The molecule has 8 heteroatoms. The van der Waals surface area contributed by atoms with E-state index in [1.807, 2.05) is 0 Å². The summed E-state index contributed by atoms with van der Waals surface area (Å²) in [5.41, 5.74) is -0.0229. The first-order chi connectivity index (χ1) is 11.4. The number of halogens is 3. The second kappa shape index (κ2) is 7.99. The number of benzene rings is 2. The van der Waals surface area contributed by atoms with Crippen molar-refractivity contribution in [2.24, 2.45) is 0 Å². The molecular weight excluding hydrogens is 360 g/mol. The maximum atomic E-state index is 13.6. The van der Waals surface area contributed by atoms with E-state index < -0.39 is 29.9 Å². The molecule has 0 saturated carbocycles. The first-order valence-corrected chi connectivity index (χ1v) is 7.42. The SMILES string of the molecule is COc1ccc(NC(=O)COC(=O)c2c(F)cccc2Cl)cc1Cl. The molecule has 0 atom stereocenters. The van der Waals surface area contributed by atoms with Gasteiger partial charge in [0, 0.05) is 5.69 Å². The lowest BCUT2D eigenvalue weighted by Gasteiger charge is -2.09. The van der Waals surface area contributed by atoms with Crippen LogP contribution in [-0.2, 0) is 9.53 Å². The molecule has 0 aliphatic carbocycles. The molecule has 0 saturated heterocycles. The molecule has 0 aliphatic heterocycles. The minimum absolute atomic E-state index is 0.0951. The molecule has 2 aromatic carbocycles. The number of nitrogens with one attached hydrogen (secondary N) is 1. The largest absolute Gasteiger partial charge is 0.495 e. The van der Waals surface area contributed by atoms with Gasteiger partial charge in [0.15, 0.2) is 6.61 Å². The van der Waals surface area contributed by atoms with E-state index >= 15 is 0 Å². The highest BCUT2D eigenvalue weighted by atomic mass is 35.5. The van der Waals surface area contributed by atoms with Gasteiger partial charge in [0.05, 0.1) is 17.2 Å². The topological polar surface area (TPSA) is 64.6 Å². The van der Waals surface area contributed by atoms with Crippen molar-refractivity contribution in [2.75, 3.05) is 19.0 Å². The standard InChI is InChI=1S/C16H12Cl2FNO4/c1-23-13-6-5-9(7-11(13)18)20-14(21)8-24-16(22)15-10(17)3-2-4-12(15)19/h2-7H,8H2,1H3,(H,20,21). The van der Waals surface area contributed by atoms with Crippen LogP contribution >= 0.6 is 23.2 Å². The summed E-state index contributed by atoms with van der Waals surface area (Å²) < 4.78 is 23.3. The number of hydrogen-bond acceptors (Lipinski definition) is 4. The number of rotatable bonds is 5. The maximum Gasteiger partial charge on any atom is 0.343 e. The van der Waals surface area contributed by atoms with Crippen molar-refractivity contribution in [1.82, 2.24) is 0 Å². The summed E-state index contributed by atoms with van der Waals surface area (Å²) in [4.78, 5) is 23.6. The van der Waals surface area contributed by atoms with Crippen LogP contribution in [0.4, 0.5) is 10.1 Å². The zero-order chi connectivity index (χ0) is 17.7. The Balaban J connectivity index is 1.96. The summed E-state index contributed by atoms with van der Waals surface area (Å²) in [5, 5.41) is 2.70. The Kier molecular flexibility index (Phi) is 6.00. The molecule has 0 fully saturated rings. The highest BCUT2D eigenvalue weighted by molar-refractivity contribution is 6.33. The summed E-state index contributed by atoms with van der Waals surface area (Å²) in [6, 6.07) is 8.40. The van der Waals surface area contributed by atoms with Crippen molar-refractivity contribution in [3.05, 3.63) is 57.8 Å². The molecule has 0 aliphatic rings. The third-order valence-corrected chi connectivity index (χ3v) is 3.55. The van der Waals surface area contributed by atoms with Crippen molar-refractivity contribution in [3.63, 3.8) is 0 Å². The second-order valence-corrected chi connectivity index (χ2v) is 5.38. The second-order valence-electron chi connectivity index (χ2n) is 4.57. The predicted molar refractivity (Wildman–Crippen MR) is 88.3 cm³/mol. The Labute approximate surface area is 147 Å². The van der Waals surface area contributed by atoms with Gasteiger partial charge in [-0.1, -0.05) is 29.3 Å². The Morgan fingerprint density at radius 1 is 1.17 bits per heavy atom. The molecule has 5 nitrogen and oxygen atoms in total. The fourth-order valence-corrected chi connectivity index (χ4v) is 2.34. The number of esters is 1. The lowest BCUT2D eigenvalue weighted by Crippen LogP contribution is -2.21. The molecule has 0 radical (unpaired) electrons. The molecular formula is C16H12Cl2FNO4. The van der Waals surface area contributed by atoms with E-state index in [-0.39, 0.29) is 5.02 Å². The van der Waals surface area contributed by atoms with Crippen molar-refractivity contribution in [3.8, 4) is 5.75 Å². The average molecular weight is 372 g/mol. The van der Waals surface area contributed by atoms with E-state index in [1.54, 1.807) is 12.1 Å². The molecule has 2 aromatic rings. The van der Waals surface area contributed by atoms with Crippen LogP contribution in [0, 0.1) is 5.82 Å². The fraction of sp³-hybridized carbons (Fsp3) is 0.125. The molecule has 0 aromatic heterocycles. The zero-order valence-corrected chi connectivity index (χ0v) is 13.9. The van der Waals surface area contributed by atoms with Crippen LogP contribution in [0.25, 0.3) is 0 Å². The lowest BCUT2D eigenvalue weighted by molar-refractivity contribution is -0.119. The molecule has 0 spiro atoms. The molecule has 1 amide bonds. The highest BCUT2D eigenvalue weighted by Crippen LogP contribution is 2.27. The van der Waals surface area contributed by atoms with Crippen LogP contribution < -0.4 is 10.1 Å². The van der Waals surface area contributed by atoms with E-state index in [0.29, 0.717) is 16.5 Å². The van der Waals surface area contributed by atoms with Crippen LogP contribution in [0.1, 0.15) is 10.4 Å². The lowest BCUT2D eigenvalue weighted by atomic mass is 10.2. The van der Waals surface area contributed by atoms with Gasteiger partial charge in [-0.3, -0.25) is 4.79 Å². The van der Waals surface area contributed by atoms with Gasteiger partial charge in [0.25, 0.3) is 5.91 Å². The van der Waals surface area contributed by atoms with Gasteiger partial charge in [-0.25, -0.2) is 9.18 Å². The van der Waals surface area contributed by atoms with Gasteiger partial charge in [-0.2, -0.15) is 0 Å². The first kappa shape index (κ1) is 18.0. The fourth-order valence-electron chi connectivity index (χ4n) is 1.84. The van der Waals surface area contributed by atoms with Gasteiger partial charge >= 0.3 is 5.97 Å². The van der Waals surface area contributed by atoms with Crippen molar-refractivity contribution in [2.45, 2.75) is 0 Å². The number of anilines is 1. The smallest absolute Gasteiger partial charge is 0.343 e. The average Bonchev–Trinajstić information content (AvgIpc) is 2.53. The minimum Gasteiger partial charge on any atom is -0.495 e. The minimum atomic E-state index is -1.03. The van der Waals surface area contributed by atoms with Crippen LogP contribution in [0.5, 0.6) is 5.75 Å². The first-order valence-electron chi connectivity index (χ1n) is 6.67. The van der Waals surface area contributed by atoms with E-state index in [9.17, 15) is 14.0 Å². The number of hydrogen-bond donors (Lipinski definition) is 1. The third kappa shape index (κ3) is 4.37. The Morgan fingerprint density at radius 2 is 1.92 bits per heavy atom. The quantitative estimate of drug-likeness (QED) is 0.808. The van der Waals surface area contributed by atoms with E-state index in [2.05, 4.69) is 5.32 Å². The van der Waals surface area contributed by atoms with Crippen molar-refractivity contribution < 1.29 is 23.5 Å². The van der Waals surface area contributed by atoms with Crippen LogP contribution in [0.3, 0.4) is 0 Å². The molecule has 2 rings (SSSR count). The van der Waals surface area contributed by atoms with Crippen LogP contribution in [-0.4, -0.2) is 25.6 Å². The highest BCUT2D eigenvalue weighted by Gasteiger charge is 2.18. The Hall–Kier alpha value is -2.31. The third-order valence-electron chi connectivity index (χ3n) is 2.94. The zero-order valence-electron chi connectivity index (χ0n) is 12.4. The van der Waals surface area contributed by atoms with Crippen LogP contribution in [0.2, 0.25) is 10.0 Å². The monoisotopic (exact) mass is 371 g/mol. The summed E-state index contributed by atoms with van der Waals surface area (Å²) >= 11 is 11.7. The molecule has 126 valence electrons. The number of methoxy groups -OCH3 is 1. The van der Waals surface area contributed by atoms with Gasteiger partial charge in [-0.15, -0.1) is 0 Å². The summed E-state index contributed by atoms with van der Waals surface area (Å²) in [6.45, 7) is -0.604. The molecule has 0 unspecified atom stereocenters. The van der Waals surface area contributed by atoms with E-state index in [0.717, 1.165) is 6.07 Å². The van der Waals surface area contributed by atoms with Gasteiger partial charge < -0.3 is 14.8 Å². The van der Waals surface area contributed by atoms with Crippen molar-refractivity contribution in [1.29, 1.82) is 0 Å². The van der Waals surface area contributed by atoms with Gasteiger partial charge in [-0.05, 0) is 30.3 Å². The predicted octanol–water partition coefficient (Wildman–Crippen LogP) is 3.94. The van der Waals surface area contributed by atoms with Gasteiger partial charge in [0.1, 0.15) is 17.1 Å².